The summed E-state index contributed by atoms with van der Waals surface area (Å²) in [6, 6.07) is 9.12. The third kappa shape index (κ3) is 2.43. The zero-order valence-electron chi connectivity index (χ0n) is 11.0. The van der Waals surface area contributed by atoms with Crippen LogP contribution in [-0.4, -0.2) is 23.9 Å². The van der Waals surface area contributed by atoms with E-state index >= 15 is 0 Å². The molecule has 1 aliphatic carbocycles. The minimum Gasteiger partial charge on any atom is -0.340 e. The van der Waals surface area contributed by atoms with E-state index in [1.807, 2.05) is 35.2 Å². The molecule has 0 bridgehead atoms. The molecule has 0 aromatic heterocycles. The van der Waals surface area contributed by atoms with Gasteiger partial charge < -0.3 is 10.6 Å². The predicted octanol–water partition coefficient (Wildman–Crippen LogP) is 2.11. The quantitative estimate of drug-likeness (QED) is 0.824. The molecule has 1 fully saturated rings. The minimum atomic E-state index is -0.519. The van der Waals surface area contributed by atoms with Gasteiger partial charge in [-0.3, -0.25) is 4.79 Å². The van der Waals surface area contributed by atoms with Crippen LogP contribution in [0.1, 0.15) is 24.4 Å². The van der Waals surface area contributed by atoms with Crippen molar-refractivity contribution >= 4 is 5.91 Å². The average Bonchev–Trinajstić information content (AvgIpc) is 2.90. The molecule has 1 saturated heterocycles. The maximum atomic E-state index is 12.5. The Bertz CT molecular complexity index is 467. The van der Waals surface area contributed by atoms with E-state index < -0.39 is 6.04 Å². The first-order valence-corrected chi connectivity index (χ1v) is 7.00. The first-order chi connectivity index (χ1) is 9.25. The number of amides is 1. The molecule has 1 aliphatic heterocycles. The molecule has 0 spiro atoms. The van der Waals surface area contributed by atoms with Crippen molar-refractivity contribution < 1.29 is 4.79 Å². The van der Waals surface area contributed by atoms with Gasteiger partial charge in [-0.05, 0) is 30.2 Å². The fourth-order valence-corrected chi connectivity index (χ4v) is 3.19. The molecule has 3 heteroatoms. The van der Waals surface area contributed by atoms with E-state index in [4.69, 9.17) is 5.73 Å². The third-order valence-corrected chi connectivity index (χ3v) is 4.36. The number of hydrogen-bond donors (Lipinski definition) is 1. The first-order valence-electron chi connectivity index (χ1n) is 7.00. The zero-order valence-corrected chi connectivity index (χ0v) is 11.0. The summed E-state index contributed by atoms with van der Waals surface area (Å²) >= 11 is 0. The van der Waals surface area contributed by atoms with Crippen LogP contribution >= 0.6 is 0 Å². The van der Waals surface area contributed by atoms with Crippen LogP contribution in [0.25, 0.3) is 0 Å². The number of allylic oxidation sites excluding steroid dienone is 2. The van der Waals surface area contributed by atoms with Crippen LogP contribution in [-0.2, 0) is 4.79 Å². The lowest BCUT2D eigenvalue weighted by molar-refractivity contribution is -0.131. The van der Waals surface area contributed by atoms with Crippen molar-refractivity contribution in [3.05, 3.63) is 48.0 Å². The third-order valence-electron chi connectivity index (χ3n) is 4.36. The second-order valence-corrected chi connectivity index (χ2v) is 5.59. The Kier molecular flexibility index (Phi) is 3.38. The Hall–Kier alpha value is -1.61. The Morgan fingerprint density at radius 3 is 2.26 bits per heavy atom. The van der Waals surface area contributed by atoms with E-state index in [0.717, 1.165) is 31.5 Å². The average molecular weight is 256 g/mol. The second-order valence-electron chi connectivity index (χ2n) is 5.59. The highest BCUT2D eigenvalue weighted by atomic mass is 16.2. The van der Waals surface area contributed by atoms with Crippen molar-refractivity contribution in [3.63, 3.8) is 0 Å². The number of fused-ring (bicyclic) bond motifs is 1. The monoisotopic (exact) mass is 256 g/mol. The topological polar surface area (TPSA) is 46.3 Å². The molecule has 2 aliphatic rings. The number of carbonyl (C=O) groups is 1. The van der Waals surface area contributed by atoms with Gasteiger partial charge >= 0.3 is 0 Å². The molecule has 0 saturated carbocycles. The molecular weight excluding hydrogens is 236 g/mol. The number of carbonyl (C=O) groups excluding carboxylic acids is 1. The number of benzene rings is 1. The summed E-state index contributed by atoms with van der Waals surface area (Å²) in [6.07, 6.45) is 6.70. The molecule has 0 unspecified atom stereocenters. The Morgan fingerprint density at radius 1 is 1.11 bits per heavy atom. The van der Waals surface area contributed by atoms with Crippen molar-refractivity contribution in [2.75, 3.05) is 13.1 Å². The van der Waals surface area contributed by atoms with Gasteiger partial charge in [-0.25, -0.2) is 0 Å². The molecular formula is C16H20N2O. The predicted molar refractivity (Wildman–Crippen MR) is 75.3 cm³/mol. The van der Waals surface area contributed by atoms with Crippen LogP contribution in [0.3, 0.4) is 0 Å². The van der Waals surface area contributed by atoms with Crippen LogP contribution in [0.2, 0.25) is 0 Å². The summed E-state index contributed by atoms with van der Waals surface area (Å²) < 4.78 is 0. The van der Waals surface area contributed by atoms with Crippen molar-refractivity contribution in [3.8, 4) is 0 Å². The van der Waals surface area contributed by atoms with Gasteiger partial charge in [0.1, 0.15) is 6.04 Å². The fourth-order valence-electron chi connectivity index (χ4n) is 3.19. The molecule has 2 N–H and O–H groups in total. The number of nitrogens with two attached hydrogens (primary N) is 1. The Balaban J connectivity index is 1.68. The molecule has 3 nitrogen and oxygen atoms in total. The number of nitrogens with zero attached hydrogens (tertiary/aromatic N) is 1. The molecule has 1 aromatic rings. The van der Waals surface area contributed by atoms with Crippen LogP contribution in [0.5, 0.6) is 0 Å². The SMILES string of the molecule is N[C@H](C(=O)N1C[C@@H]2CC=CC[C@H]2C1)c1ccccc1. The van der Waals surface area contributed by atoms with Crippen molar-refractivity contribution in [1.82, 2.24) is 4.90 Å². The molecule has 100 valence electrons. The smallest absolute Gasteiger partial charge is 0.244 e. The van der Waals surface area contributed by atoms with Crippen LogP contribution in [0.15, 0.2) is 42.5 Å². The summed E-state index contributed by atoms with van der Waals surface area (Å²) in [5.74, 6) is 1.34. The molecule has 3 atom stereocenters. The van der Waals surface area contributed by atoms with E-state index in [1.165, 1.54) is 0 Å². The van der Waals surface area contributed by atoms with Gasteiger partial charge in [0.2, 0.25) is 5.91 Å². The van der Waals surface area contributed by atoms with E-state index in [9.17, 15) is 4.79 Å². The molecule has 1 amide bonds. The maximum absolute atomic E-state index is 12.5. The minimum absolute atomic E-state index is 0.0700. The first kappa shape index (κ1) is 12.4. The Morgan fingerprint density at radius 2 is 1.68 bits per heavy atom. The molecule has 3 rings (SSSR count). The molecule has 1 heterocycles. The van der Waals surface area contributed by atoms with Crippen LogP contribution in [0.4, 0.5) is 0 Å². The highest BCUT2D eigenvalue weighted by Crippen LogP contribution is 2.33. The normalized spacial score (nSPS) is 27.1. The van der Waals surface area contributed by atoms with E-state index in [2.05, 4.69) is 12.2 Å². The highest BCUT2D eigenvalue weighted by Gasteiger charge is 2.36. The van der Waals surface area contributed by atoms with E-state index in [1.54, 1.807) is 0 Å². The van der Waals surface area contributed by atoms with Crippen molar-refractivity contribution in [2.45, 2.75) is 18.9 Å². The van der Waals surface area contributed by atoms with E-state index in [0.29, 0.717) is 11.8 Å². The van der Waals surface area contributed by atoms with Crippen LogP contribution < -0.4 is 5.73 Å². The zero-order chi connectivity index (χ0) is 13.2. The van der Waals surface area contributed by atoms with Gasteiger partial charge in [-0.15, -0.1) is 0 Å². The van der Waals surface area contributed by atoms with Gasteiger partial charge in [0.25, 0.3) is 0 Å². The van der Waals surface area contributed by atoms with Crippen molar-refractivity contribution in [1.29, 1.82) is 0 Å². The van der Waals surface area contributed by atoms with Gasteiger partial charge in [-0.1, -0.05) is 42.5 Å². The number of rotatable bonds is 2. The summed E-state index contributed by atoms with van der Waals surface area (Å²) in [6.45, 7) is 1.74. The van der Waals surface area contributed by atoms with Crippen molar-refractivity contribution in [2.24, 2.45) is 17.6 Å². The van der Waals surface area contributed by atoms with Gasteiger partial charge in [-0.2, -0.15) is 0 Å². The summed E-state index contributed by atoms with van der Waals surface area (Å²) in [4.78, 5) is 14.4. The largest absolute Gasteiger partial charge is 0.340 e. The lowest BCUT2D eigenvalue weighted by Crippen LogP contribution is -2.37. The number of hydrogen-bond acceptors (Lipinski definition) is 2. The summed E-state index contributed by atoms with van der Waals surface area (Å²) in [5, 5.41) is 0. The van der Waals surface area contributed by atoms with E-state index in [-0.39, 0.29) is 5.91 Å². The summed E-state index contributed by atoms with van der Waals surface area (Å²) in [7, 11) is 0. The Labute approximate surface area is 114 Å². The lowest BCUT2D eigenvalue weighted by atomic mass is 9.86. The second kappa shape index (κ2) is 5.17. The van der Waals surface area contributed by atoms with Gasteiger partial charge in [0, 0.05) is 13.1 Å². The van der Waals surface area contributed by atoms with Crippen LogP contribution in [0, 0.1) is 11.8 Å². The van der Waals surface area contributed by atoms with Gasteiger partial charge in [0.05, 0.1) is 0 Å². The molecule has 1 aromatic carbocycles. The lowest BCUT2D eigenvalue weighted by Gasteiger charge is -2.21. The molecule has 0 radical (unpaired) electrons. The molecule has 19 heavy (non-hydrogen) atoms. The maximum Gasteiger partial charge on any atom is 0.244 e. The van der Waals surface area contributed by atoms with Gasteiger partial charge in [0.15, 0.2) is 0 Å². The standard InChI is InChI=1S/C16H20N2O/c17-15(12-6-2-1-3-7-12)16(19)18-10-13-8-4-5-9-14(13)11-18/h1-7,13-15H,8-11,17H2/t13-,14-,15-/m0/s1. The fraction of sp³-hybridized carbons (Fsp3) is 0.438. The highest BCUT2D eigenvalue weighted by molar-refractivity contribution is 5.83. The summed E-state index contributed by atoms with van der Waals surface area (Å²) in [5.41, 5.74) is 7.00. The number of likely N-dealkylation sites (tertiary alicyclic amines) is 1.